The van der Waals surface area contributed by atoms with Crippen molar-refractivity contribution in [3.8, 4) is 11.5 Å². The molecule has 32 heavy (non-hydrogen) atoms. The molecule has 2 aliphatic heterocycles. The molecule has 8 heteroatoms. The summed E-state index contributed by atoms with van der Waals surface area (Å²) in [4.78, 5) is 27.1. The van der Waals surface area contributed by atoms with Crippen LogP contribution in [0.4, 0.5) is 4.79 Å². The molecule has 0 bridgehead atoms. The van der Waals surface area contributed by atoms with Gasteiger partial charge in [0.05, 0.1) is 6.04 Å². The predicted octanol–water partition coefficient (Wildman–Crippen LogP) is 4.28. The van der Waals surface area contributed by atoms with Gasteiger partial charge in [0.1, 0.15) is 11.3 Å². The van der Waals surface area contributed by atoms with Gasteiger partial charge in [0.15, 0.2) is 11.5 Å². The number of fused-ring (bicyclic) bond motifs is 1. The van der Waals surface area contributed by atoms with Gasteiger partial charge in [0, 0.05) is 25.3 Å². The first kappa shape index (κ1) is 22.0. The van der Waals surface area contributed by atoms with Crippen LogP contribution in [0, 0.1) is 0 Å². The molecule has 1 aromatic heterocycles. The highest BCUT2D eigenvalue weighted by atomic mass is 16.7. The van der Waals surface area contributed by atoms with Gasteiger partial charge in [-0.05, 0) is 70.4 Å². The van der Waals surface area contributed by atoms with Crippen LogP contribution in [0.15, 0.2) is 36.5 Å². The molecule has 1 aromatic carbocycles. The highest BCUT2D eigenvalue weighted by molar-refractivity contribution is 5.93. The first-order valence-corrected chi connectivity index (χ1v) is 11.1. The molecule has 2 aliphatic rings. The Bertz CT molecular complexity index is 986. The number of carbonyl (C=O) groups is 2. The van der Waals surface area contributed by atoms with Crippen LogP contribution >= 0.6 is 0 Å². The van der Waals surface area contributed by atoms with Crippen molar-refractivity contribution in [2.45, 2.75) is 58.2 Å². The summed E-state index contributed by atoms with van der Waals surface area (Å²) in [6.07, 6.45) is 3.20. The molecule has 8 nitrogen and oxygen atoms in total. The van der Waals surface area contributed by atoms with E-state index in [9.17, 15) is 9.59 Å². The fourth-order valence-electron chi connectivity index (χ4n) is 4.09. The zero-order valence-corrected chi connectivity index (χ0v) is 19.1. The Morgan fingerprint density at radius 1 is 1.12 bits per heavy atom. The molecule has 3 heterocycles. The molecule has 4 rings (SSSR count). The molecular weight excluding hydrogens is 410 g/mol. The molecule has 0 aliphatic carbocycles. The molecule has 0 spiro atoms. The Morgan fingerprint density at radius 3 is 2.56 bits per heavy atom. The van der Waals surface area contributed by atoms with Gasteiger partial charge >= 0.3 is 6.09 Å². The van der Waals surface area contributed by atoms with Crippen molar-refractivity contribution in [2.75, 3.05) is 19.9 Å². The molecule has 2 aromatic rings. The highest BCUT2D eigenvalue weighted by Gasteiger charge is 2.29. The van der Waals surface area contributed by atoms with Crippen LogP contribution in [-0.2, 0) is 4.74 Å². The Labute approximate surface area is 188 Å². The standard InChI is InChI=1S/C24H31N3O5/c1-16(17-7-8-20-21(14-17)31-15-30-20)25-22(28)19-6-5-11-27(19)18-9-12-26(13-10-18)23(29)32-24(2,3)4/h5-8,11,14,16,18H,9-10,12-13,15H2,1-4H3,(H,25,28). The summed E-state index contributed by atoms with van der Waals surface area (Å²) in [6, 6.07) is 9.39. The summed E-state index contributed by atoms with van der Waals surface area (Å²) in [6.45, 7) is 8.98. The van der Waals surface area contributed by atoms with Gasteiger partial charge in [-0.1, -0.05) is 6.07 Å². The van der Waals surface area contributed by atoms with E-state index in [0.29, 0.717) is 24.5 Å². The van der Waals surface area contributed by atoms with Gasteiger partial charge in [-0.2, -0.15) is 0 Å². The fraction of sp³-hybridized carbons (Fsp3) is 0.500. The number of hydrogen-bond acceptors (Lipinski definition) is 5. The fourth-order valence-corrected chi connectivity index (χ4v) is 4.09. The van der Waals surface area contributed by atoms with Gasteiger partial charge in [-0.3, -0.25) is 4.79 Å². The van der Waals surface area contributed by atoms with Crippen molar-refractivity contribution in [2.24, 2.45) is 0 Å². The van der Waals surface area contributed by atoms with E-state index in [-0.39, 0.29) is 30.9 Å². The van der Waals surface area contributed by atoms with E-state index >= 15 is 0 Å². The van der Waals surface area contributed by atoms with Gasteiger partial charge in [0.25, 0.3) is 5.91 Å². The quantitative estimate of drug-likeness (QED) is 0.766. The lowest BCUT2D eigenvalue weighted by molar-refractivity contribution is 0.0187. The number of nitrogens with zero attached hydrogens (tertiary/aromatic N) is 2. The highest BCUT2D eigenvalue weighted by Crippen LogP contribution is 2.34. The molecule has 1 N–H and O–H groups in total. The lowest BCUT2D eigenvalue weighted by atomic mass is 10.0. The molecular formula is C24H31N3O5. The van der Waals surface area contributed by atoms with E-state index in [4.69, 9.17) is 14.2 Å². The summed E-state index contributed by atoms with van der Waals surface area (Å²) >= 11 is 0. The zero-order chi connectivity index (χ0) is 22.9. The summed E-state index contributed by atoms with van der Waals surface area (Å²) < 4.78 is 18.3. The van der Waals surface area contributed by atoms with Crippen LogP contribution in [0.5, 0.6) is 11.5 Å². The predicted molar refractivity (Wildman–Crippen MR) is 119 cm³/mol. The normalized spacial score (nSPS) is 17.2. The van der Waals surface area contributed by atoms with Crippen LogP contribution in [0.1, 0.15) is 68.7 Å². The Morgan fingerprint density at radius 2 is 1.84 bits per heavy atom. The second-order valence-electron chi connectivity index (χ2n) is 9.31. The lowest BCUT2D eigenvalue weighted by Crippen LogP contribution is -2.42. The van der Waals surface area contributed by atoms with Crippen LogP contribution in [0.25, 0.3) is 0 Å². The summed E-state index contributed by atoms with van der Waals surface area (Å²) in [5, 5.41) is 3.08. The third-order valence-corrected chi connectivity index (χ3v) is 5.77. The van der Waals surface area contributed by atoms with Gasteiger partial charge in [0.2, 0.25) is 6.79 Å². The Kier molecular flexibility index (Phi) is 6.04. The van der Waals surface area contributed by atoms with Crippen molar-refractivity contribution in [3.05, 3.63) is 47.8 Å². The van der Waals surface area contributed by atoms with Gasteiger partial charge in [-0.15, -0.1) is 0 Å². The summed E-state index contributed by atoms with van der Waals surface area (Å²) in [5.41, 5.74) is 1.06. The number of amides is 2. The minimum absolute atomic E-state index is 0.130. The zero-order valence-electron chi connectivity index (χ0n) is 19.1. The Balaban J connectivity index is 1.37. The molecule has 1 atom stereocenters. The summed E-state index contributed by atoms with van der Waals surface area (Å²) in [7, 11) is 0. The second-order valence-corrected chi connectivity index (χ2v) is 9.31. The average Bonchev–Trinajstić information content (AvgIpc) is 3.41. The number of carbonyl (C=O) groups excluding carboxylic acids is 2. The number of likely N-dealkylation sites (tertiary alicyclic amines) is 1. The van der Waals surface area contributed by atoms with Crippen molar-refractivity contribution in [3.63, 3.8) is 0 Å². The number of piperidine rings is 1. The number of hydrogen-bond donors (Lipinski definition) is 1. The van der Waals surface area contributed by atoms with Crippen molar-refractivity contribution in [1.29, 1.82) is 0 Å². The van der Waals surface area contributed by atoms with E-state index in [1.807, 2.05) is 68.8 Å². The topological polar surface area (TPSA) is 82.0 Å². The number of ether oxygens (including phenoxy) is 3. The third-order valence-electron chi connectivity index (χ3n) is 5.77. The third kappa shape index (κ3) is 4.84. The van der Waals surface area contributed by atoms with Crippen molar-refractivity contribution in [1.82, 2.24) is 14.8 Å². The largest absolute Gasteiger partial charge is 0.454 e. The van der Waals surface area contributed by atoms with E-state index in [2.05, 4.69) is 5.32 Å². The molecule has 0 saturated carbocycles. The second kappa shape index (κ2) is 8.76. The smallest absolute Gasteiger partial charge is 0.410 e. The van der Waals surface area contributed by atoms with Crippen LogP contribution in [0.2, 0.25) is 0 Å². The van der Waals surface area contributed by atoms with E-state index in [1.54, 1.807) is 4.90 Å². The minimum Gasteiger partial charge on any atom is -0.454 e. The first-order valence-electron chi connectivity index (χ1n) is 11.1. The number of rotatable bonds is 4. The lowest BCUT2D eigenvalue weighted by Gasteiger charge is -2.34. The van der Waals surface area contributed by atoms with Gasteiger partial charge in [-0.25, -0.2) is 4.79 Å². The van der Waals surface area contributed by atoms with Crippen LogP contribution < -0.4 is 14.8 Å². The SMILES string of the molecule is CC(NC(=O)c1cccn1C1CCN(C(=O)OC(C)(C)C)CC1)c1ccc2c(c1)OCO2. The van der Waals surface area contributed by atoms with Crippen LogP contribution in [-0.4, -0.2) is 47.0 Å². The van der Waals surface area contributed by atoms with E-state index in [1.165, 1.54) is 0 Å². The minimum atomic E-state index is -0.506. The van der Waals surface area contributed by atoms with E-state index in [0.717, 1.165) is 24.2 Å². The monoisotopic (exact) mass is 441 g/mol. The maximum atomic E-state index is 13.0. The molecule has 172 valence electrons. The molecule has 0 radical (unpaired) electrons. The molecule has 1 fully saturated rings. The molecule has 1 unspecified atom stereocenters. The number of benzene rings is 1. The maximum Gasteiger partial charge on any atom is 0.410 e. The van der Waals surface area contributed by atoms with Gasteiger partial charge < -0.3 is 29.0 Å². The van der Waals surface area contributed by atoms with Crippen molar-refractivity contribution >= 4 is 12.0 Å². The number of aromatic nitrogens is 1. The maximum absolute atomic E-state index is 13.0. The van der Waals surface area contributed by atoms with E-state index < -0.39 is 5.60 Å². The summed E-state index contributed by atoms with van der Waals surface area (Å²) in [5.74, 6) is 1.29. The van der Waals surface area contributed by atoms with Crippen LogP contribution in [0.3, 0.4) is 0 Å². The molecule has 2 amide bonds. The average molecular weight is 442 g/mol. The Hall–Kier alpha value is -3.16. The number of nitrogens with one attached hydrogen (secondary N) is 1. The molecule has 1 saturated heterocycles. The first-order chi connectivity index (χ1) is 15.2. The van der Waals surface area contributed by atoms with Crippen molar-refractivity contribution < 1.29 is 23.8 Å².